The normalized spacial score (nSPS) is 11.1. The monoisotopic (exact) mass is 356 g/mol. The van der Waals surface area contributed by atoms with Crippen LogP contribution in [0.5, 0.6) is 0 Å². The highest BCUT2D eigenvalue weighted by Gasteiger charge is 2.49. The average Bonchev–Trinajstić information content (AvgIpc) is 2.59. The number of benzene rings is 1. The second kappa shape index (κ2) is 9.58. The van der Waals surface area contributed by atoms with Crippen LogP contribution in [0.3, 0.4) is 0 Å². The molecule has 0 unspecified atom stereocenters. The van der Waals surface area contributed by atoms with Crippen molar-refractivity contribution >= 4 is 11.9 Å². The van der Waals surface area contributed by atoms with E-state index in [1.807, 2.05) is 30.3 Å². The number of nitriles is 2. The van der Waals surface area contributed by atoms with E-state index >= 15 is 0 Å². The summed E-state index contributed by atoms with van der Waals surface area (Å²) in [5.41, 5.74) is -1.69. The van der Waals surface area contributed by atoms with Crippen molar-refractivity contribution in [1.29, 1.82) is 10.5 Å². The maximum Gasteiger partial charge on any atom is 0.324 e. The number of hydrogen-bond donors (Lipinski definition) is 0. The molecule has 0 spiro atoms. The van der Waals surface area contributed by atoms with Crippen LogP contribution in [0.15, 0.2) is 30.3 Å². The van der Waals surface area contributed by atoms with E-state index in [9.17, 15) is 9.59 Å². The fourth-order valence-corrected chi connectivity index (χ4v) is 2.39. The molecule has 6 heteroatoms. The third-order valence-corrected chi connectivity index (χ3v) is 3.72. The van der Waals surface area contributed by atoms with Crippen molar-refractivity contribution < 1.29 is 19.1 Å². The molecule has 1 aromatic carbocycles. The van der Waals surface area contributed by atoms with Gasteiger partial charge in [-0.1, -0.05) is 30.3 Å². The lowest BCUT2D eigenvalue weighted by molar-refractivity contribution is -0.181. The lowest BCUT2D eigenvalue weighted by Gasteiger charge is -2.31. The molecule has 0 saturated carbocycles. The van der Waals surface area contributed by atoms with Crippen LogP contribution in [-0.2, 0) is 25.7 Å². The molecule has 0 heterocycles. The quantitative estimate of drug-likeness (QED) is 0.520. The third-order valence-electron chi connectivity index (χ3n) is 3.72. The Morgan fingerprint density at radius 3 is 1.96 bits per heavy atom. The molecule has 0 bridgehead atoms. The smallest absolute Gasteiger partial charge is 0.324 e. The zero-order valence-electron chi connectivity index (χ0n) is 15.4. The summed E-state index contributed by atoms with van der Waals surface area (Å²) in [6.45, 7) is 5.09. The Labute approximate surface area is 154 Å². The van der Waals surface area contributed by atoms with Gasteiger partial charge in [0.15, 0.2) is 5.41 Å². The predicted molar refractivity (Wildman–Crippen MR) is 94.2 cm³/mol. The average molecular weight is 356 g/mol. The van der Waals surface area contributed by atoms with Crippen molar-refractivity contribution in [3.8, 4) is 12.1 Å². The first kappa shape index (κ1) is 21.2. The highest BCUT2D eigenvalue weighted by atomic mass is 16.6. The van der Waals surface area contributed by atoms with Gasteiger partial charge >= 0.3 is 11.9 Å². The molecule has 1 rings (SSSR count). The van der Waals surface area contributed by atoms with E-state index in [0.29, 0.717) is 0 Å². The molecule has 0 atom stereocenters. The lowest BCUT2D eigenvalue weighted by atomic mass is 9.79. The summed E-state index contributed by atoms with van der Waals surface area (Å²) in [6.07, 6.45) is -0.141. The summed E-state index contributed by atoms with van der Waals surface area (Å²) < 4.78 is 10.8. The Bertz CT molecular complexity index is 675. The van der Waals surface area contributed by atoms with E-state index in [4.69, 9.17) is 20.0 Å². The molecule has 0 aliphatic carbocycles. The molecule has 1 aromatic rings. The van der Waals surface area contributed by atoms with Crippen LogP contribution in [0.2, 0.25) is 0 Å². The van der Waals surface area contributed by atoms with Crippen molar-refractivity contribution in [2.24, 2.45) is 5.41 Å². The molecule has 0 N–H and O–H groups in total. The molecular weight excluding hydrogens is 332 g/mol. The highest BCUT2D eigenvalue weighted by Crippen LogP contribution is 2.35. The fourth-order valence-electron chi connectivity index (χ4n) is 2.39. The summed E-state index contributed by atoms with van der Waals surface area (Å²) in [7, 11) is 0. The van der Waals surface area contributed by atoms with Crippen LogP contribution in [0.1, 0.15) is 52.0 Å². The summed E-state index contributed by atoms with van der Waals surface area (Å²) in [6, 6.07) is 13.0. The van der Waals surface area contributed by atoms with Gasteiger partial charge in [-0.2, -0.15) is 10.5 Å². The van der Waals surface area contributed by atoms with Gasteiger partial charge in [-0.05, 0) is 39.2 Å². The van der Waals surface area contributed by atoms with Gasteiger partial charge in [0.2, 0.25) is 0 Å². The Morgan fingerprint density at radius 1 is 0.962 bits per heavy atom. The first-order chi connectivity index (χ1) is 12.2. The molecule has 26 heavy (non-hydrogen) atoms. The van der Waals surface area contributed by atoms with Gasteiger partial charge < -0.3 is 9.47 Å². The van der Waals surface area contributed by atoms with Gasteiger partial charge in [0.05, 0.1) is 12.1 Å². The number of esters is 2. The van der Waals surface area contributed by atoms with Gasteiger partial charge in [-0.25, -0.2) is 0 Å². The topological polar surface area (TPSA) is 100 Å². The van der Waals surface area contributed by atoms with Crippen molar-refractivity contribution in [2.45, 2.75) is 58.7 Å². The van der Waals surface area contributed by atoms with Crippen LogP contribution >= 0.6 is 0 Å². The number of rotatable bonds is 8. The second-order valence-electron chi connectivity index (χ2n) is 6.96. The first-order valence-corrected chi connectivity index (χ1v) is 8.43. The van der Waals surface area contributed by atoms with E-state index < -0.39 is 23.0 Å². The van der Waals surface area contributed by atoms with Gasteiger partial charge in [-0.15, -0.1) is 0 Å². The predicted octanol–water partition coefficient (Wildman–Crippen LogP) is 3.67. The minimum absolute atomic E-state index is 0.00330. The van der Waals surface area contributed by atoms with E-state index in [0.717, 1.165) is 5.56 Å². The maximum absolute atomic E-state index is 12.8. The van der Waals surface area contributed by atoms with Crippen LogP contribution in [0.4, 0.5) is 0 Å². The first-order valence-electron chi connectivity index (χ1n) is 8.43. The molecule has 0 amide bonds. The van der Waals surface area contributed by atoms with E-state index in [1.165, 1.54) is 0 Å². The second-order valence-corrected chi connectivity index (χ2v) is 6.96. The number of ether oxygens (including phenoxy) is 2. The molecular formula is C20H24N2O4. The van der Waals surface area contributed by atoms with Gasteiger partial charge in [0.25, 0.3) is 0 Å². The number of nitrogens with zero attached hydrogens (tertiary/aromatic N) is 2. The lowest BCUT2D eigenvalue weighted by Crippen LogP contribution is -2.44. The minimum atomic E-state index is -1.66. The minimum Gasteiger partial charge on any atom is -0.460 e. The molecule has 0 saturated heterocycles. The van der Waals surface area contributed by atoms with Gasteiger partial charge in [-0.3, -0.25) is 9.59 Å². The fraction of sp³-hybridized carbons (Fsp3) is 0.500. The van der Waals surface area contributed by atoms with Crippen LogP contribution in [0, 0.1) is 28.1 Å². The van der Waals surface area contributed by atoms with Gasteiger partial charge in [0, 0.05) is 12.8 Å². The summed E-state index contributed by atoms with van der Waals surface area (Å²) in [5.74, 6) is -1.52. The number of carbonyl (C=O) groups excluding carboxylic acids is 2. The Balaban J connectivity index is 3.09. The molecule has 0 aliphatic heterocycles. The highest BCUT2D eigenvalue weighted by molar-refractivity contribution is 6.00. The van der Waals surface area contributed by atoms with E-state index in [2.05, 4.69) is 0 Å². The maximum atomic E-state index is 12.8. The molecule has 0 aromatic heterocycles. The molecule has 0 radical (unpaired) electrons. The largest absolute Gasteiger partial charge is 0.460 e. The third kappa shape index (κ3) is 6.22. The summed E-state index contributed by atoms with van der Waals surface area (Å²) in [5, 5.41) is 17.9. The van der Waals surface area contributed by atoms with Crippen molar-refractivity contribution in [3.05, 3.63) is 35.9 Å². The molecule has 6 nitrogen and oxygen atoms in total. The van der Waals surface area contributed by atoms with Crippen LogP contribution in [-0.4, -0.2) is 17.5 Å². The Kier molecular flexibility index (Phi) is 7.80. The van der Waals surface area contributed by atoms with Crippen molar-refractivity contribution in [1.82, 2.24) is 0 Å². The Morgan fingerprint density at radius 2 is 1.50 bits per heavy atom. The van der Waals surface area contributed by atoms with Crippen LogP contribution < -0.4 is 0 Å². The van der Waals surface area contributed by atoms with E-state index in [1.54, 1.807) is 32.9 Å². The number of hydrogen-bond acceptors (Lipinski definition) is 6. The van der Waals surface area contributed by atoms with Gasteiger partial charge in [0.1, 0.15) is 12.2 Å². The molecule has 0 fully saturated rings. The summed E-state index contributed by atoms with van der Waals surface area (Å²) >= 11 is 0. The SMILES string of the molecule is CC(C)(C)OC(=O)C(CCC#N)(CCC#N)C(=O)OCc1ccccc1. The zero-order valence-corrected chi connectivity index (χ0v) is 15.4. The number of carbonyl (C=O) groups is 2. The molecule has 0 aliphatic rings. The van der Waals surface area contributed by atoms with Crippen molar-refractivity contribution in [3.63, 3.8) is 0 Å². The molecule has 138 valence electrons. The summed E-state index contributed by atoms with van der Waals surface area (Å²) in [4.78, 5) is 25.6. The van der Waals surface area contributed by atoms with Crippen LogP contribution in [0.25, 0.3) is 0 Å². The Hall–Kier alpha value is -2.86. The van der Waals surface area contributed by atoms with E-state index in [-0.39, 0.29) is 32.3 Å². The van der Waals surface area contributed by atoms with Crippen molar-refractivity contribution in [2.75, 3.05) is 0 Å². The zero-order chi connectivity index (χ0) is 19.6. The standard InChI is InChI=1S/C20H24N2O4/c1-19(2,3)26-18(24)20(11-7-13-21,12-8-14-22)17(23)25-15-16-9-5-4-6-10-16/h4-6,9-10H,7-8,11-12,15H2,1-3H3.